The molecule has 1 aliphatic heterocycles. The quantitative estimate of drug-likeness (QED) is 0.146. The van der Waals surface area contributed by atoms with E-state index in [1.54, 1.807) is 18.7 Å². The fourth-order valence-electron chi connectivity index (χ4n) is 5.07. The fraction of sp³-hybridized carbons (Fsp3) is 0.273. The number of carbonyl (C=O) groups excluding carboxylic acids is 1. The average Bonchev–Trinajstić information content (AvgIpc) is 3.50. The van der Waals surface area contributed by atoms with Gasteiger partial charge >= 0.3 is 0 Å². The van der Waals surface area contributed by atoms with E-state index in [0.717, 1.165) is 69.5 Å². The van der Waals surface area contributed by atoms with Crippen LogP contribution in [0.15, 0.2) is 83.9 Å². The summed E-state index contributed by atoms with van der Waals surface area (Å²) in [5.41, 5.74) is 6.12. The van der Waals surface area contributed by atoms with Crippen LogP contribution < -0.4 is 0 Å². The molecule has 0 aliphatic carbocycles. The van der Waals surface area contributed by atoms with Crippen molar-refractivity contribution in [3.8, 4) is 11.1 Å². The van der Waals surface area contributed by atoms with Crippen LogP contribution in [0, 0.1) is 0 Å². The lowest BCUT2D eigenvalue weighted by Gasteiger charge is -2.27. The van der Waals surface area contributed by atoms with E-state index >= 15 is 0 Å². The van der Waals surface area contributed by atoms with E-state index < -0.39 is 27.1 Å². The van der Waals surface area contributed by atoms with Crippen LogP contribution in [0.3, 0.4) is 0 Å². The average molecular weight is 571 g/mol. The van der Waals surface area contributed by atoms with Crippen LogP contribution in [-0.2, 0) is 31.9 Å². The second kappa shape index (κ2) is 11.8. The van der Waals surface area contributed by atoms with Crippen molar-refractivity contribution < 1.29 is 13.9 Å². The summed E-state index contributed by atoms with van der Waals surface area (Å²) < 4.78 is 24.0. The molecule has 0 spiro atoms. The van der Waals surface area contributed by atoms with E-state index in [1.807, 2.05) is 79.4 Å². The summed E-state index contributed by atoms with van der Waals surface area (Å²) in [6.07, 6.45) is 9.15. The van der Waals surface area contributed by atoms with Crippen LogP contribution in [-0.4, -0.2) is 50.5 Å². The number of hydrogen-bond acceptors (Lipinski definition) is 4. The minimum Gasteiger partial charge on any atom is -0.616 e. The zero-order valence-electron chi connectivity index (χ0n) is 23.3. The Balaban J connectivity index is 1.62. The molecule has 1 amide bonds. The first-order chi connectivity index (χ1) is 19.1. The molecule has 206 valence electrons. The van der Waals surface area contributed by atoms with Crippen molar-refractivity contribution in [3.63, 3.8) is 0 Å². The van der Waals surface area contributed by atoms with Gasteiger partial charge in [-0.15, -0.1) is 0 Å². The lowest BCUT2D eigenvalue weighted by molar-refractivity contribution is -0.123. The van der Waals surface area contributed by atoms with E-state index in [4.69, 9.17) is 0 Å². The first-order valence-electron chi connectivity index (χ1n) is 13.4. The number of pyridine rings is 1. The van der Waals surface area contributed by atoms with Gasteiger partial charge < -0.3 is 14.0 Å². The third-order valence-electron chi connectivity index (χ3n) is 7.75. The molecule has 4 aromatic rings. The number of rotatable bonds is 7. The predicted octanol–water partition coefficient (Wildman–Crippen LogP) is 6.42. The summed E-state index contributed by atoms with van der Waals surface area (Å²) in [7, 11) is 0. The Morgan fingerprint density at radius 3 is 2.35 bits per heavy atom. The molecule has 7 heteroatoms. The number of hydrogen-bond donors (Lipinski definition) is 0. The van der Waals surface area contributed by atoms with Gasteiger partial charge in [0.1, 0.15) is 11.0 Å². The van der Waals surface area contributed by atoms with Gasteiger partial charge in [-0.1, -0.05) is 24.3 Å². The van der Waals surface area contributed by atoms with Crippen molar-refractivity contribution in [1.82, 2.24) is 9.88 Å². The van der Waals surface area contributed by atoms with Gasteiger partial charge in [0.2, 0.25) is 0 Å². The lowest BCUT2D eigenvalue weighted by Crippen LogP contribution is -2.28. The molecule has 0 bridgehead atoms. The van der Waals surface area contributed by atoms with E-state index in [9.17, 15) is 13.9 Å². The predicted molar refractivity (Wildman–Crippen MR) is 167 cm³/mol. The molecular formula is C33H34N2O3S2. The first kappa shape index (κ1) is 28.4. The topological polar surface area (TPSA) is 79.3 Å². The number of nitrogens with zero attached hydrogens (tertiary/aromatic N) is 2. The monoisotopic (exact) mass is 570 g/mol. The molecule has 1 aliphatic rings. The van der Waals surface area contributed by atoms with Crippen LogP contribution in [0.2, 0.25) is 0 Å². The number of benzene rings is 3. The van der Waals surface area contributed by atoms with E-state index in [-0.39, 0.29) is 5.91 Å². The van der Waals surface area contributed by atoms with Crippen LogP contribution in [0.5, 0.6) is 0 Å². The molecule has 2 heterocycles. The van der Waals surface area contributed by atoms with Crippen molar-refractivity contribution in [2.45, 2.75) is 36.3 Å². The molecule has 1 aromatic heterocycles. The van der Waals surface area contributed by atoms with Crippen molar-refractivity contribution in [2.75, 3.05) is 25.6 Å². The van der Waals surface area contributed by atoms with Gasteiger partial charge in [0, 0.05) is 41.4 Å². The van der Waals surface area contributed by atoms with E-state index in [2.05, 4.69) is 23.2 Å². The summed E-state index contributed by atoms with van der Waals surface area (Å²) >= 11 is -2.16. The Labute approximate surface area is 242 Å². The van der Waals surface area contributed by atoms with Crippen molar-refractivity contribution in [3.05, 3.63) is 95.7 Å². The van der Waals surface area contributed by atoms with Crippen molar-refractivity contribution in [2.24, 2.45) is 0 Å². The Bertz CT molecular complexity index is 1560. The molecule has 1 saturated heterocycles. The largest absolute Gasteiger partial charge is 0.616 e. The third kappa shape index (κ3) is 5.84. The number of likely N-dealkylation sites (tertiary alicyclic amines) is 1. The second-order valence-corrected chi connectivity index (χ2v) is 14.0. The lowest BCUT2D eigenvalue weighted by atomic mass is 9.92. The second-order valence-electron chi connectivity index (χ2n) is 10.7. The highest BCUT2D eigenvalue weighted by molar-refractivity contribution is 7.91. The van der Waals surface area contributed by atoms with Crippen molar-refractivity contribution in [1.29, 1.82) is 0 Å². The third-order valence-corrected chi connectivity index (χ3v) is 10.4. The van der Waals surface area contributed by atoms with Crippen LogP contribution in [0.1, 0.15) is 43.4 Å². The molecule has 1 fully saturated rings. The highest BCUT2D eigenvalue weighted by atomic mass is 32.2. The van der Waals surface area contributed by atoms with Gasteiger partial charge in [-0.05, 0) is 120 Å². The Kier molecular flexibility index (Phi) is 8.38. The Hall–Kier alpha value is -3.10. The highest BCUT2D eigenvalue weighted by Crippen LogP contribution is 2.37. The Morgan fingerprint density at radius 2 is 1.68 bits per heavy atom. The maximum Gasteiger partial charge on any atom is 0.254 e. The standard InChI is InChI=1S/C33H34N2O3S2/c1-33(2,40(4)38)27-21-26-11-8-16-34-31(26)29(22-27)25-10-7-9-23(19-25)20-30(32(36)35-17-5-6-18-35)24-12-14-28(15-13-24)39(3)37/h7-16,19-22H,5-6,17-18H2,1-4H3/b30-20+. The zero-order valence-corrected chi connectivity index (χ0v) is 25.0. The summed E-state index contributed by atoms with van der Waals surface area (Å²) in [6, 6.07) is 23.7. The first-order valence-corrected chi connectivity index (χ1v) is 16.5. The molecular weight excluding hydrogens is 537 g/mol. The SMILES string of the molecule is C[S+]([O-])c1ccc(/C(=C\c2cccc(-c3cc(C(C)(C)[S+](C)[O-])cc4cccnc34)c2)C(=O)N2CCCC2)cc1. The molecule has 3 aromatic carbocycles. The van der Waals surface area contributed by atoms with Crippen LogP contribution >= 0.6 is 0 Å². The van der Waals surface area contributed by atoms with Gasteiger partial charge in [0.25, 0.3) is 5.91 Å². The van der Waals surface area contributed by atoms with Gasteiger partial charge in [0.05, 0.1) is 11.8 Å². The molecule has 0 N–H and O–H groups in total. The minimum atomic E-state index is -1.09. The Morgan fingerprint density at radius 1 is 0.950 bits per heavy atom. The summed E-state index contributed by atoms with van der Waals surface area (Å²) in [5, 5.41) is 0.993. The van der Waals surface area contributed by atoms with Gasteiger partial charge in [-0.2, -0.15) is 0 Å². The van der Waals surface area contributed by atoms with Crippen LogP contribution in [0.25, 0.3) is 33.7 Å². The number of aromatic nitrogens is 1. The number of carbonyl (C=O) groups is 1. The van der Waals surface area contributed by atoms with Crippen molar-refractivity contribution >= 4 is 50.8 Å². The van der Waals surface area contributed by atoms with Gasteiger partial charge in [0.15, 0.2) is 4.90 Å². The van der Waals surface area contributed by atoms with Crippen LogP contribution in [0.4, 0.5) is 0 Å². The summed E-state index contributed by atoms with van der Waals surface area (Å²) in [4.78, 5) is 21.0. The number of amides is 1. The minimum absolute atomic E-state index is 0.00885. The molecule has 5 nitrogen and oxygen atoms in total. The molecule has 5 rings (SSSR count). The molecule has 0 saturated carbocycles. The van der Waals surface area contributed by atoms with E-state index in [0.29, 0.717) is 5.57 Å². The summed E-state index contributed by atoms with van der Waals surface area (Å²) in [5.74, 6) is 0.00885. The fourth-order valence-corrected chi connectivity index (χ4v) is 6.04. The highest BCUT2D eigenvalue weighted by Gasteiger charge is 2.32. The molecule has 2 atom stereocenters. The summed E-state index contributed by atoms with van der Waals surface area (Å²) in [6.45, 7) is 5.51. The van der Waals surface area contributed by atoms with Gasteiger partial charge in [-0.25, -0.2) is 0 Å². The molecule has 2 unspecified atom stereocenters. The molecule has 0 radical (unpaired) electrons. The normalized spacial score (nSPS) is 15.8. The smallest absolute Gasteiger partial charge is 0.254 e. The maximum absolute atomic E-state index is 13.7. The molecule has 40 heavy (non-hydrogen) atoms. The number of fused-ring (bicyclic) bond motifs is 1. The zero-order chi connectivity index (χ0) is 28.4. The van der Waals surface area contributed by atoms with E-state index in [1.165, 1.54) is 0 Å². The maximum atomic E-state index is 13.7. The van der Waals surface area contributed by atoms with Gasteiger partial charge in [-0.3, -0.25) is 9.78 Å².